The Morgan fingerprint density at radius 2 is 2.18 bits per heavy atom. The van der Waals surface area contributed by atoms with Crippen molar-refractivity contribution < 1.29 is 23.5 Å². The van der Waals surface area contributed by atoms with Gasteiger partial charge in [0.05, 0.1) is 24.5 Å². The van der Waals surface area contributed by atoms with Crippen molar-refractivity contribution in [2.75, 3.05) is 18.5 Å². The smallest absolute Gasteiger partial charge is 0.342 e. The lowest BCUT2D eigenvalue weighted by Gasteiger charge is -2.16. The van der Waals surface area contributed by atoms with Crippen LogP contribution in [-0.4, -0.2) is 35.8 Å². The van der Waals surface area contributed by atoms with Gasteiger partial charge in [-0.2, -0.15) is 5.26 Å². The van der Waals surface area contributed by atoms with E-state index in [4.69, 9.17) is 13.9 Å². The fourth-order valence-corrected chi connectivity index (χ4v) is 3.32. The van der Waals surface area contributed by atoms with E-state index < -0.39 is 18.5 Å². The van der Waals surface area contributed by atoms with Crippen molar-refractivity contribution in [1.29, 1.82) is 5.26 Å². The molecule has 28 heavy (non-hydrogen) atoms. The van der Waals surface area contributed by atoms with Gasteiger partial charge in [0.15, 0.2) is 6.61 Å². The van der Waals surface area contributed by atoms with Gasteiger partial charge in [0.2, 0.25) is 0 Å². The molecule has 8 nitrogen and oxygen atoms in total. The number of furan rings is 1. The van der Waals surface area contributed by atoms with E-state index in [1.54, 1.807) is 6.92 Å². The molecule has 0 unspecified atom stereocenters. The number of amides is 1. The van der Waals surface area contributed by atoms with Crippen molar-refractivity contribution in [2.45, 2.75) is 46.3 Å². The third kappa shape index (κ3) is 3.94. The van der Waals surface area contributed by atoms with Crippen LogP contribution >= 0.6 is 0 Å². The molecule has 0 aliphatic carbocycles. The van der Waals surface area contributed by atoms with E-state index in [9.17, 15) is 14.9 Å². The van der Waals surface area contributed by atoms with Crippen LogP contribution in [0.5, 0.6) is 0 Å². The van der Waals surface area contributed by atoms with E-state index in [1.807, 2.05) is 18.4 Å². The van der Waals surface area contributed by atoms with Crippen molar-refractivity contribution in [3.8, 4) is 6.07 Å². The van der Waals surface area contributed by atoms with Crippen LogP contribution in [0.4, 0.5) is 5.82 Å². The number of anilines is 1. The molecule has 0 aromatic carbocycles. The summed E-state index contributed by atoms with van der Waals surface area (Å²) >= 11 is 0. The van der Waals surface area contributed by atoms with Crippen LogP contribution in [0.3, 0.4) is 0 Å². The van der Waals surface area contributed by atoms with Crippen LogP contribution in [0, 0.1) is 32.1 Å². The highest BCUT2D eigenvalue weighted by Gasteiger charge is 2.24. The van der Waals surface area contributed by atoms with Gasteiger partial charge in [-0.05, 0) is 45.2 Å². The predicted octanol–water partition coefficient (Wildman–Crippen LogP) is 2.85. The number of nitrogens with zero attached hydrogens (tertiary/aromatic N) is 2. The molecule has 0 radical (unpaired) electrons. The van der Waals surface area contributed by atoms with Crippen molar-refractivity contribution in [3.63, 3.8) is 0 Å². The molecule has 148 valence electrons. The highest BCUT2D eigenvalue weighted by Crippen LogP contribution is 2.28. The highest BCUT2D eigenvalue weighted by molar-refractivity contribution is 5.96. The molecule has 1 fully saturated rings. The topological polar surface area (TPSA) is 106 Å². The summed E-state index contributed by atoms with van der Waals surface area (Å²) in [6, 6.07) is 3.64. The fourth-order valence-electron chi connectivity index (χ4n) is 3.32. The molecule has 2 aromatic rings. The molecule has 3 heterocycles. The van der Waals surface area contributed by atoms with E-state index in [1.165, 1.54) is 12.3 Å². The second-order valence-corrected chi connectivity index (χ2v) is 6.81. The number of aryl methyl sites for hydroxylation is 1. The minimum atomic E-state index is -0.635. The Balaban J connectivity index is 1.72. The SMILES string of the molecule is Cc1occc1C(=O)OCC(=O)Nc1c(C#N)c(C)c(C)n1C[C@@H]1CCCO1. The second kappa shape index (κ2) is 8.31. The molecular formula is C20H23N3O5. The second-order valence-electron chi connectivity index (χ2n) is 6.81. The van der Waals surface area contributed by atoms with Gasteiger partial charge in [-0.3, -0.25) is 4.79 Å². The molecule has 2 aromatic heterocycles. The van der Waals surface area contributed by atoms with Gasteiger partial charge in [0.25, 0.3) is 5.91 Å². The Morgan fingerprint density at radius 3 is 2.79 bits per heavy atom. The molecule has 1 atom stereocenters. The zero-order chi connectivity index (χ0) is 20.3. The van der Waals surface area contributed by atoms with Crippen LogP contribution < -0.4 is 5.32 Å². The summed E-state index contributed by atoms with van der Waals surface area (Å²) in [5.74, 6) is -0.316. The summed E-state index contributed by atoms with van der Waals surface area (Å²) in [6.45, 7) is 6.20. The number of ether oxygens (including phenoxy) is 2. The van der Waals surface area contributed by atoms with Crippen molar-refractivity contribution in [3.05, 3.63) is 40.5 Å². The summed E-state index contributed by atoms with van der Waals surface area (Å²) in [5.41, 5.74) is 2.38. The molecule has 1 saturated heterocycles. The third-order valence-electron chi connectivity index (χ3n) is 5.02. The molecule has 1 amide bonds. The highest BCUT2D eigenvalue weighted by atomic mass is 16.5. The number of rotatable bonds is 6. The van der Waals surface area contributed by atoms with E-state index in [0.29, 0.717) is 23.7 Å². The maximum absolute atomic E-state index is 12.4. The van der Waals surface area contributed by atoms with Crippen LogP contribution in [0.15, 0.2) is 16.7 Å². The number of hydrogen-bond acceptors (Lipinski definition) is 6. The maximum Gasteiger partial charge on any atom is 0.342 e. The van der Waals surface area contributed by atoms with Crippen LogP contribution in [0.1, 0.15) is 45.8 Å². The molecule has 1 aliphatic rings. The minimum absolute atomic E-state index is 0.0505. The first-order valence-corrected chi connectivity index (χ1v) is 9.14. The van der Waals surface area contributed by atoms with E-state index >= 15 is 0 Å². The lowest BCUT2D eigenvalue weighted by Crippen LogP contribution is -2.25. The van der Waals surface area contributed by atoms with E-state index in [-0.39, 0.29) is 11.7 Å². The first kappa shape index (κ1) is 19.7. The van der Waals surface area contributed by atoms with Gasteiger partial charge in [-0.25, -0.2) is 4.79 Å². The molecule has 3 rings (SSSR count). The number of hydrogen-bond donors (Lipinski definition) is 1. The van der Waals surface area contributed by atoms with Crippen molar-refractivity contribution in [1.82, 2.24) is 4.57 Å². The number of esters is 1. The summed E-state index contributed by atoms with van der Waals surface area (Å²) in [7, 11) is 0. The summed E-state index contributed by atoms with van der Waals surface area (Å²) in [4.78, 5) is 24.4. The van der Waals surface area contributed by atoms with Crippen molar-refractivity contribution >= 4 is 17.7 Å². The van der Waals surface area contributed by atoms with Gasteiger partial charge in [-0.15, -0.1) is 0 Å². The summed E-state index contributed by atoms with van der Waals surface area (Å²) < 4.78 is 17.7. The van der Waals surface area contributed by atoms with Gasteiger partial charge >= 0.3 is 5.97 Å². The van der Waals surface area contributed by atoms with Crippen LogP contribution in [0.2, 0.25) is 0 Å². The minimum Gasteiger partial charge on any atom is -0.469 e. The van der Waals surface area contributed by atoms with Gasteiger partial charge in [0, 0.05) is 12.3 Å². The Morgan fingerprint density at radius 1 is 1.39 bits per heavy atom. The Labute approximate surface area is 163 Å². The quantitative estimate of drug-likeness (QED) is 0.767. The van der Waals surface area contributed by atoms with Crippen LogP contribution in [0.25, 0.3) is 0 Å². The summed E-state index contributed by atoms with van der Waals surface area (Å²) in [6.07, 6.45) is 3.37. The van der Waals surface area contributed by atoms with E-state index in [2.05, 4.69) is 11.4 Å². The Bertz CT molecular complexity index is 929. The molecule has 0 saturated carbocycles. The van der Waals surface area contributed by atoms with E-state index in [0.717, 1.165) is 30.7 Å². The van der Waals surface area contributed by atoms with Crippen LogP contribution in [-0.2, 0) is 20.8 Å². The first-order valence-electron chi connectivity index (χ1n) is 9.14. The summed E-state index contributed by atoms with van der Waals surface area (Å²) in [5, 5.41) is 12.3. The molecule has 8 heteroatoms. The zero-order valence-corrected chi connectivity index (χ0v) is 16.2. The third-order valence-corrected chi connectivity index (χ3v) is 5.02. The fraction of sp³-hybridized carbons (Fsp3) is 0.450. The molecule has 1 N–H and O–H groups in total. The van der Waals surface area contributed by atoms with Gasteiger partial charge < -0.3 is 23.8 Å². The molecule has 0 bridgehead atoms. The number of nitrogens with one attached hydrogen (secondary N) is 1. The standard InChI is InChI=1S/C20H23N3O5/c1-12-13(2)23(10-15-5-4-7-27-15)19(17(12)9-21)22-18(24)11-28-20(25)16-6-8-26-14(16)3/h6,8,15H,4-5,7,10-11H2,1-3H3,(H,22,24)/t15-/m0/s1. The lowest BCUT2D eigenvalue weighted by molar-refractivity contribution is -0.119. The lowest BCUT2D eigenvalue weighted by atomic mass is 10.2. The number of carbonyl (C=O) groups excluding carboxylic acids is 2. The first-order chi connectivity index (χ1) is 13.4. The largest absolute Gasteiger partial charge is 0.469 e. The molecular weight excluding hydrogens is 362 g/mol. The number of aromatic nitrogens is 1. The van der Waals surface area contributed by atoms with Gasteiger partial charge in [-0.1, -0.05) is 0 Å². The average Bonchev–Trinajstić information content (AvgIpc) is 3.38. The predicted molar refractivity (Wildman–Crippen MR) is 100.0 cm³/mol. The number of carbonyl (C=O) groups is 2. The van der Waals surface area contributed by atoms with Gasteiger partial charge in [0.1, 0.15) is 23.2 Å². The molecule has 0 spiro atoms. The average molecular weight is 385 g/mol. The van der Waals surface area contributed by atoms with Crippen molar-refractivity contribution in [2.24, 2.45) is 0 Å². The Kier molecular flexibility index (Phi) is 5.85. The normalized spacial score (nSPS) is 16.0. The molecule has 1 aliphatic heterocycles. The number of nitriles is 1. The maximum atomic E-state index is 12.4. The monoisotopic (exact) mass is 385 g/mol. The Hall–Kier alpha value is -3.05. The zero-order valence-electron chi connectivity index (χ0n) is 16.2.